The number of hydrogen-bond donors (Lipinski definition) is 0. The van der Waals surface area contributed by atoms with Crippen LogP contribution in [0.2, 0.25) is 0 Å². The number of fused-ring (bicyclic) bond motifs is 1. The normalized spacial score (nSPS) is 13.0. The molecule has 0 amide bonds. The Morgan fingerprint density at radius 2 is 2.00 bits per heavy atom. The van der Waals surface area contributed by atoms with E-state index in [1.165, 1.54) is 17.5 Å². The predicted molar refractivity (Wildman–Crippen MR) is 54.7 cm³/mol. The Bertz CT molecular complexity index is 323. The molecule has 0 saturated carbocycles. The quantitative estimate of drug-likeness (QED) is 0.470. The first-order valence-corrected chi connectivity index (χ1v) is 4.07. The summed E-state index contributed by atoms with van der Waals surface area (Å²) >= 11 is 1.41. The van der Waals surface area contributed by atoms with Crippen LogP contribution in [0.15, 0.2) is 45.0 Å². The molecular weight excluding hydrogens is 196 g/mol. The SMILES string of the molecule is C1=Cc2ccccc2SN=N1.[CaH2]. The first-order valence-electron chi connectivity index (χ1n) is 3.29. The fourth-order valence-electron chi connectivity index (χ4n) is 0.910. The Morgan fingerprint density at radius 1 is 1.17 bits per heavy atom. The number of hydrogen-bond acceptors (Lipinski definition) is 3. The van der Waals surface area contributed by atoms with Crippen LogP contribution < -0.4 is 0 Å². The standard InChI is InChI=1S/C8H6N2S.Ca.2H/c1-2-4-8-7(3-1)5-6-9-10-11-8;;;/h1-6H;;;. The maximum absolute atomic E-state index is 3.87. The van der Waals surface area contributed by atoms with E-state index in [9.17, 15) is 0 Å². The van der Waals surface area contributed by atoms with Crippen LogP contribution in [0.1, 0.15) is 5.56 Å². The number of rotatable bonds is 0. The molecule has 0 saturated heterocycles. The first-order chi connectivity index (χ1) is 5.47. The zero-order chi connectivity index (χ0) is 7.52. The van der Waals surface area contributed by atoms with Crippen molar-refractivity contribution in [3.05, 3.63) is 36.0 Å². The monoisotopic (exact) mass is 204 g/mol. The molecule has 0 spiro atoms. The van der Waals surface area contributed by atoms with E-state index < -0.39 is 0 Å². The van der Waals surface area contributed by atoms with Crippen molar-refractivity contribution in [3.63, 3.8) is 0 Å². The zero-order valence-electron chi connectivity index (χ0n) is 5.77. The fraction of sp³-hybridized carbons (Fsp3) is 0. The van der Waals surface area contributed by atoms with Gasteiger partial charge in [0.15, 0.2) is 0 Å². The van der Waals surface area contributed by atoms with E-state index in [1.807, 2.05) is 24.3 Å². The van der Waals surface area contributed by atoms with Gasteiger partial charge in [-0.1, -0.05) is 18.2 Å². The van der Waals surface area contributed by atoms with Gasteiger partial charge in [-0.05, 0) is 17.7 Å². The van der Waals surface area contributed by atoms with Gasteiger partial charge < -0.3 is 0 Å². The Morgan fingerprint density at radius 3 is 2.92 bits per heavy atom. The van der Waals surface area contributed by atoms with Crippen LogP contribution in [0, 0.1) is 0 Å². The van der Waals surface area contributed by atoms with Crippen LogP contribution in [0.25, 0.3) is 6.08 Å². The number of benzene rings is 1. The second-order valence-corrected chi connectivity index (χ2v) is 2.93. The molecule has 0 aliphatic carbocycles. The van der Waals surface area contributed by atoms with Gasteiger partial charge in [0.2, 0.25) is 0 Å². The minimum absolute atomic E-state index is 0. The molecule has 1 aliphatic heterocycles. The molecule has 1 aromatic carbocycles. The molecule has 58 valence electrons. The van der Waals surface area contributed by atoms with Gasteiger partial charge in [-0.2, -0.15) is 5.11 Å². The van der Waals surface area contributed by atoms with Crippen LogP contribution in [-0.2, 0) is 0 Å². The molecule has 0 atom stereocenters. The molecule has 1 aliphatic rings. The van der Waals surface area contributed by atoms with Crippen LogP contribution in [0.4, 0.5) is 0 Å². The Balaban J connectivity index is 0.000000720. The molecule has 0 N–H and O–H groups in total. The molecule has 2 nitrogen and oxygen atoms in total. The van der Waals surface area contributed by atoms with E-state index in [4.69, 9.17) is 0 Å². The molecule has 0 fully saturated rings. The summed E-state index contributed by atoms with van der Waals surface area (Å²) < 4.78 is 3.87. The van der Waals surface area contributed by atoms with Gasteiger partial charge in [0.05, 0.1) is 6.20 Å². The third kappa shape index (κ3) is 2.33. The summed E-state index contributed by atoms with van der Waals surface area (Å²) in [6, 6.07) is 8.10. The molecule has 1 aromatic rings. The van der Waals surface area contributed by atoms with E-state index in [-0.39, 0.29) is 37.7 Å². The van der Waals surface area contributed by atoms with Crippen LogP contribution >= 0.6 is 11.9 Å². The van der Waals surface area contributed by atoms with Crippen molar-refractivity contribution in [1.29, 1.82) is 0 Å². The van der Waals surface area contributed by atoms with Crippen LogP contribution in [-0.4, -0.2) is 37.7 Å². The molecule has 0 radical (unpaired) electrons. The average Bonchev–Trinajstić information content (AvgIpc) is 2.28. The molecule has 0 aromatic heterocycles. The molecule has 2 rings (SSSR count). The van der Waals surface area contributed by atoms with Gasteiger partial charge in [0.25, 0.3) is 0 Å². The van der Waals surface area contributed by atoms with E-state index in [0.717, 1.165) is 4.90 Å². The Hall–Kier alpha value is 0.170. The minimum atomic E-state index is 0. The van der Waals surface area contributed by atoms with Crippen molar-refractivity contribution in [2.45, 2.75) is 4.90 Å². The number of nitrogens with zero attached hydrogens (tertiary/aromatic N) is 2. The van der Waals surface area contributed by atoms with Gasteiger partial charge >= 0.3 is 37.7 Å². The first kappa shape index (κ1) is 10.3. The molecule has 4 heteroatoms. The average molecular weight is 204 g/mol. The van der Waals surface area contributed by atoms with Gasteiger partial charge in [0, 0.05) is 16.8 Å². The van der Waals surface area contributed by atoms with Gasteiger partial charge in [-0.3, -0.25) is 0 Å². The van der Waals surface area contributed by atoms with Gasteiger partial charge in [0.1, 0.15) is 0 Å². The summed E-state index contributed by atoms with van der Waals surface area (Å²) in [6.07, 6.45) is 3.66. The van der Waals surface area contributed by atoms with Crippen molar-refractivity contribution in [2.75, 3.05) is 0 Å². The third-order valence-corrected chi connectivity index (χ3v) is 2.17. The second-order valence-electron chi connectivity index (χ2n) is 2.14. The molecule has 1 heterocycles. The van der Waals surface area contributed by atoms with Crippen LogP contribution in [0.5, 0.6) is 0 Å². The molecular formula is C8H8CaN2S. The second kappa shape index (κ2) is 5.02. The van der Waals surface area contributed by atoms with E-state index in [0.29, 0.717) is 0 Å². The Labute approximate surface area is 105 Å². The summed E-state index contributed by atoms with van der Waals surface area (Å²) in [5, 5.41) is 3.79. The van der Waals surface area contributed by atoms with Crippen LogP contribution in [0.3, 0.4) is 0 Å². The molecule has 12 heavy (non-hydrogen) atoms. The third-order valence-electron chi connectivity index (χ3n) is 1.43. The van der Waals surface area contributed by atoms with E-state index in [1.54, 1.807) is 6.20 Å². The van der Waals surface area contributed by atoms with Crippen molar-refractivity contribution < 1.29 is 0 Å². The van der Waals surface area contributed by atoms with E-state index in [2.05, 4.69) is 15.7 Å². The summed E-state index contributed by atoms with van der Waals surface area (Å²) in [7, 11) is 0. The fourth-order valence-corrected chi connectivity index (χ4v) is 1.48. The summed E-state index contributed by atoms with van der Waals surface area (Å²) in [5.74, 6) is 0. The molecule has 0 bridgehead atoms. The van der Waals surface area contributed by atoms with Crippen molar-refractivity contribution in [1.82, 2.24) is 0 Å². The predicted octanol–water partition coefficient (Wildman–Crippen LogP) is 2.21. The van der Waals surface area contributed by atoms with Crippen molar-refractivity contribution in [3.8, 4) is 0 Å². The maximum atomic E-state index is 3.87. The van der Waals surface area contributed by atoms with Gasteiger partial charge in [-0.25, -0.2) is 0 Å². The van der Waals surface area contributed by atoms with Crippen molar-refractivity contribution in [2.24, 2.45) is 9.63 Å². The van der Waals surface area contributed by atoms with E-state index >= 15 is 0 Å². The van der Waals surface area contributed by atoms with Crippen molar-refractivity contribution >= 4 is 55.8 Å². The summed E-state index contributed by atoms with van der Waals surface area (Å²) in [6.45, 7) is 0. The zero-order valence-corrected chi connectivity index (χ0v) is 6.58. The Kier molecular flexibility index (Phi) is 4.29. The van der Waals surface area contributed by atoms with Gasteiger partial charge in [-0.15, -0.1) is 4.52 Å². The topological polar surface area (TPSA) is 24.7 Å². The summed E-state index contributed by atoms with van der Waals surface area (Å²) in [5.41, 5.74) is 1.18. The molecule has 0 unspecified atom stereocenters. The summed E-state index contributed by atoms with van der Waals surface area (Å²) in [4.78, 5) is 1.16.